The quantitative estimate of drug-likeness (QED) is 0.812. The van der Waals surface area contributed by atoms with Crippen molar-refractivity contribution in [3.8, 4) is 11.8 Å². The third kappa shape index (κ3) is 4.15. The lowest BCUT2D eigenvalue weighted by atomic mass is 10.1. The van der Waals surface area contributed by atoms with Crippen LogP contribution in [0, 0.1) is 0 Å². The van der Waals surface area contributed by atoms with Gasteiger partial charge in [0, 0.05) is 11.3 Å². The largest absolute Gasteiger partial charge is 0.480 e. The first-order chi connectivity index (χ1) is 10.3. The number of aromatic nitrogens is 2. The molecule has 2 aromatic rings. The molecule has 0 aliphatic heterocycles. The van der Waals surface area contributed by atoms with Crippen LogP contribution in [0.2, 0.25) is 0 Å². The van der Waals surface area contributed by atoms with Crippen LogP contribution < -0.4 is 14.8 Å². The molecule has 0 aliphatic carbocycles. The molecule has 0 aromatic carbocycles. The Hall–Kier alpha value is -1.66. The summed E-state index contributed by atoms with van der Waals surface area (Å²) in [5.74, 6) is 0.973. The van der Waals surface area contributed by atoms with E-state index in [1.165, 1.54) is 4.88 Å². The number of hydrogen-bond donors (Lipinski definition) is 1. The molecule has 0 spiro atoms. The van der Waals surface area contributed by atoms with Gasteiger partial charge in [-0.3, -0.25) is 0 Å². The molecule has 21 heavy (non-hydrogen) atoms. The van der Waals surface area contributed by atoms with Crippen LogP contribution in [0.4, 0.5) is 0 Å². The average Bonchev–Trinajstić information content (AvgIpc) is 3.03. The Balaban J connectivity index is 2.26. The van der Waals surface area contributed by atoms with Crippen LogP contribution in [-0.4, -0.2) is 30.7 Å². The highest BCUT2D eigenvalue weighted by molar-refractivity contribution is 7.09. The maximum atomic E-state index is 5.38. The van der Waals surface area contributed by atoms with Gasteiger partial charge in [0.15, 0.2) is 0 Å². The van der Waals surface area contributed by atoms with E-state index in [0.29, 0.717) is 11.8 Å². The van der Waals surface area contributed by atoms with Crippen LogP contribution in [0.15, 0.2) is 23.7 Å². The molecule has 6 heteroatoms. The lowest BCUT2D eigenvalue weighted by Gasteiger charge is -2.19. The van der Waals surface area contributed by atoms with Gasteiger partial charge in [-0.25, -0.2) is 4.98 Å². The van der Waals surface area contributed by atoms with Gasteiger partial charge in [-0.2, -0.15) is 4.98 Å². The average molecular weight is 307 g/mol. The van der Waals surface area contributed by atoms with E-state index in [2.05, 4.69) is 39.7 Å². The van der Waals surface area contributed by atoms with Gasteiger partial charge in [-0.05, 0) is 24.4 Å². The summed E-state index contributed by atoms with van der Waals surface area (Å²) in [7, 11) is 3.18. The van der Waals surface area contributed by atoms with Crippen LogP contribution in [0.5, 0.6) is 11.8 Å². The Morgan fingerprint density at radius 3 is 2.81 bits per heavy atom. The Labute approximate surface area is 129 Å². The summed E-state index contributed by atoms with van der Waals surface area (Å²) in [5.41, 5.74) is 0.820. The van der Waals surface area contributed by atoms with Gasteiger partial charge in [0.1, 0.15) is 5.69 Å². The van der Waals surface area contributed by atoms with Crippen LogP contribution in [0.25, 0.3) is 0 Å². The molecular weight excluding hydrogens is 286 g/mol. The third-order valence-corrected chi connectivity index (χ3v) is 4.00. The van der Waals surface area contributed by atoms with E-state index >= 15 is 0 Å². The van der Waals surface area contributed by atoms with Crippen LogP contribution >= 0.6 is 11.3 Å². The van der Waals surface area contributed by atoms with Crippen molar-refractivity contribution >= 4 is 11.3 Å². The highest BCUT2D eigenvalue weighted by Crippen LogP contribution is 2.27. The predicted molar refractivity (Wildman–Crippen MR) is 84.2 cm³/mol. The summed E-state index contributed by atoms with van der Waals surface area (Å²) in [6, 6.07) is 4.28. The monoisotopic (exact) mass is 307 g/mol. The van der Waals surface area contributed by atoms with E-state index in [0.717, 1.165) is 25.1 Å². The van der Waals surface area contributed by atoms with Crippen molar-refractivity contribution in [2.45, 2.75) is 25.8 Å². The molecule has 0 saturated heterocycles. The van der Waals surface area contributed by atoms with Crippen molar-refractivity contribution in [3.05, 3.63) is 34.3 Å². The molecule has 1 atom stereocenters. The standard InChI is InChI=1S/C15H21N3O2S/c1-4-7-16-12(9-11-6-5-8-21-11)14-15(20-3)18-13(19-2)10-17-14/h5-6,8,10,12,16H,4,7,9H2,1-3H3. The van der Waals surface area contributed by atoms with Gasteiger partial charge in [0.05, 0.1) is 26.5 Å². The summed E-state index contributed by atoms with van der Waals surface area (Å²) in [5, 5.41) is 5.61. The Morgan fingerprint density at radius 2 is 2.19 bits per heavy atom. The number of nitrogens with one attached hydrogen (secondary N) is 1. The van der Waals surface area contributed by atoms with Gasteiger partial charge >= 0.3 is 0 Å². The lowest BCUT2D eigenvalue weighted by molar-refractivity contribution is 0.349. The van der Waals surface area contributed by atoms with Gasteiger partial charge < -0.3 is 14.8 Å². The van der Waals surface area contributed by atoms with Gasteiger partial charge in [-0.1, -0.05) is 13.0 Å². The smallest absolute Gasteiger partial charge is 0.240 e. The van der Waals surface area contributed by atoms with E-state index in [-0.39, 0.29) is 6.04 Å². The van der Waals surface area contributed by atoms with Crippen LogP contribution in [0.1, 0.15) is 30.0 Å². The highest BCUT2D eigenvalue weighted by atomic mass is 32.1. The predicted octanol–water partition coefficient (Wildman–Crippen LogP) is 2.84. The molecule has 2 heterocycles. The lowest BCUT2D eigenvalue weighted by Crippen LogP contribution is -2.25. The third-order valence-electron chi connectivity index (χ3n) is 3.10. The molecule has 0 bridgehead atoms. The molecule has 0 saturated carbocycles. The molecule has 1 N–H and O–H groups in total. The fraction of sp³-hybridized carbons (Fsp3) is 0.467. The van der Waals surface area contributed by atoms with Crippen molar-refractivity contribution in [3.63, 3.8) is 0 Å². The number of ether oxygens (including phenoxy) is 2. The summed E-state index contributed by atoms with van der Waals surface area (Å²) in [4.78, 5) is 10.1. The van der Waals surface area contributed by atoms with Crippen LogP contribution in [0.3, 0.4) is 0 Å². The highest BCUT2D eigenvalue weighted by Gasteiger charge is 2.20. The van der Waals surface area contributed by atoms with E-state index in [1.807, 2.05) is 0 Å². The van der Waals surface area contributed by atoms with E-state index in [9.17, 15) is 0 Å². The van der Waals surface area contributed by atoms with Crippen molar-refractivity contribution in [1.82, 2.24) is 15.3 Å². The molecule has 0 fully saturated rings. The second-order valence-electron chi connectivity index (χ2n) is 4.60. The van der Waals surface area contributed by atoms with Crippen molar-refractivity contribution in [2.24, 2.45) is 0 Å². The molecule has 0 radical (unpaired) electrons. The fourth-order valence-electron chi connectivity index (χ4n) is 2.07. The molecule has 1 unspecified atom stereocenters. The molecule has 2 aromatic heterocycles. The zero-order valence-corrected chi connectivity index (χ0v) is 13.4. The summed E-state index contributed by atoms with van der Waals surface area (Å²) < 4.78 is 10.5. The Morgan fingerprint density at radius 1 is 1.33 bits per heavy atom. The maximum absolute atomic E-state index is 5.38. The number of nitrogens with zero attached hydrogens (tertiary/aromatic N) is 2. The molecule has 2 rings (SSSR count). The minimum absolute atomic E-state index is 0.0805. The maximum Gasteiger partial charge on any atom is 0.240 e. The number of methoxy groups -OCH3 is 2. The first kappa shape index (κ1) is 15.7. The summed E-state index contributed by atoms with van der Waals surface area (Å²) >= 11 is 1.75. The van der Waals surface area contributed by atoms with Gasteiger partial charge in [0.2, 0.25) is 11.8 Å². The number of hydrogen-bond acceptors (Lipinski definition) is 6. The van der Waals surface area contributed by atoms with Crippen molar-refractivity contribution in [1.29, 1.82) is 0 Å². The van der Waals surface area contributed by atoms with E-state index in [4.69, 9.17) is 9.47 Å². The second-order valence-corrected chi connectivity index (χ2v) is 5.63. The van der Waals surface area contributed by atoms with Crippen LogP contribution in [-0.2, 0) is 6.42 Å². The summed E-state index contributed by atoms with van der Waals surface area (Å²) in [6.07, 6.45) is 3.56. The van der Waals surface area contributed by atoms with Gasteiger partial charge in [-0.15, -0.1) is 11.3 Å². The van der Waals surface area contributed by atoms with Gasteiger partial charge in [0.25, 0.3) is 0 Å². The fourth-order valence-corrected chi connectivity index (χ4v) is 2.82. The first-order valence-electron chi connectivity index (χ1n) is 6.99. The summed E-state index contributed by atoms with van der Waals surface area (Å²) in [6.45, 7) is 3.07. The minimum atomic E-state index is 0.0805. The SMILES string of the molecule is CCCNC(Cc1cccs1)c1ncc(OC)nc1OC. The minimum Gasteiger partial charge on any atom is -0.480 e. The number of rotatable bonds is 8. The molecule has 114 valence electrons. The number of thiophene rings is 1. The molecular formula is C15H21N3O2S. The van der Waals surface area contributed by atoms with Crippen molar-refractivity contribution < 1.29 is 9.47 Å². The zero-order chi connectivity index (χ0) is 15.1. The zero-order valence-electron chi connectivity index (χ0n) is 12.6. The second kappa shape index (κ2) is 7.95. The van der Waals surface area contributed by atoms with E-state index in [1.54, 1.807) is 31.8 Å². The normalized spacial score (nSPS) is 12.1. The Kier molecular flexibility index (Phi) is 5.95. The first-order valence-corrected chi connectivity index (χ1v) is 7.87. The molecule has 5 nitrogen and oxygen atoms in total. The van der Waals surface area contributed by atoms with E-state index < -0.39 is 0 Å². The topological polar surface area (TPSA) is 56.3 Å². The molecule has 0 amide bonds. The Bertz CT molecular complexity index is 546. The molecule has 0 aliphatic rings. The van der Waals surface area contributed by atoms with Crippen molar-refractivity contribution in [2.75, 3.05) is 20.8 Å².